The molecular formula is C16H30N2OS. The minimum Gasteiger partial charge on any atom is -0.363 e. The first-order valence-electron chi connectivity index (χ1n) is 8.18. The molecule has 2 heterocycles. The van der Waals surface area contributed by atoms with Crippen molar-refractivity contribution in [2.75, 3.05) is 44.3 Å². The zero-order valence-electron chi connectivity index (χ0n) is 12.9. The van der Waals surface area contributed by atoms with Gasteiger partial charge in [-0.3, -0.25) is 5.32 Å². The van der Waals surface area contributed by atoms with Crippen molar-refractivity contribution in [2.45, 2.75) is 38.8 Å². The summed E-state index contributed by atoms with van der Waals surface area (Å²) >= 11 is 2.09. The Balaban J connectivity index is 1.62. The predicted molar refractivity (Wildman–Crippen MR) is 88.3 cm³/mol. The minimum atomic E-state index is 0.281. The molecule has 0 aromatic rings. The molecule has 2 unspecified atom stereocenters. The predicted octanol–water partition coefficient (Wildman–Crippen LogP) is 2.73. The molecule has 0 saturated carbocycles. The largest absolute Gasteiger partial charge is 0.363 e. The molecule has 1 N–H and O–H groups in total. The molecule has 0 aromatic heterocycles. The maximum absolute atomic E-state index is 5.96. The van der Waals surface area contributed by atoms with E-state index in [1.165, 1.54) is 44.0 Å². The molecule has 0 spiro atoms. The third kappa shape index (κ3) is 6.17. The van der Waals surface area contributed by atoms with E-state index in [1.807, 2.05) is 0 Å². The molecule has 0 aromatic carbocycles. The number of hydrogen-bond donors (Lipinski definition) is 1. The number of thioether (sulfide) groups is 1. The first kappa shape index (κ1) is 16.3. The van der Waals surface area contributed by atoms with Gasteiger partial charge in [-0.2, -0.15) is 11.8 Å². The maximum atomic E-state index is 5.96. The Labute approximate surface area is 128 Å². The van der Waals surface area contributed by atoms with Gasteiger partial charge in [0.15, 0.2) is 0 Å². The zero-order valence-corrected chi connectivity index (χ0v) is 13.7. The van der Waals surface area contributed by atoms with Gasteiger partial charge in [-0.05, 0) is 38.1 Å². The number of hydrogen-bond acceptors (Lipinski definition) is 4. The lowest BCUT2D eigenvalue weighted by atomic mass is 9.96. The lowest BCUT2D eigenvalue weighted by Gasteiger charge is -2.35. The summed E-state index contributed by atoms with van der Waals surface area (Å²) in [6.45, 7) is 7.97. The van der Waals surface area contributed by atoms with Crippen molar-refractivity contribution in [3.63, 3.8) is 0 Å². The fourth-order valence-electron chi connectivity index (χ4n) is 2.96. The molecule has 2 aliphatic heterocycles. The summed E-state index contributed by atoms with van der Waals surface area (Å²) in [4.78, 5) is 2.65. The Morgan fingerprint density at radius 2 is 2.15 bits per heavy atom. The van der Waals surface area contributed by atoms with Crippen molar-refractivity contribution in [3.05, 3.63) is 12.2 Å². The van der Waals surface area contributed by atoms with Crippen LogP contribution < -0.4 is 5.32 Å². The van der Waals surface area contributed by atoms with E-state index in [9.17, 15) is 0 Å². The van der Waals surface area contributed by atoms with Gasteiger partial charge in [0.1, 0.15) is 6.23 Å². The lowest BCUT2D eigenvalue weighted by Crippen LogP contribution is -2.45. The fourth-order valence-corrected chi connectivity index (χ4v) is 3.94. The number of nitrogens with zero attached hydrogens (tertiary/aromatic N) is 1. The summed E-state index contributed by atoms with van der Waals surface area (Å²) < 4.78 is 5.96. The quantitative estimate of drug-likeness (QED) is 0.577. The van der Waals surface area contributed by atoms with Crippen LogP contribution in [0.5, 0.6) is 0 Å². The summed E-state index contributed by atoms with van der Waals surface area (Å²) in [6, 6.07) is 0. The van der Waals surface area contributed by atoms with Crippen LogP contribution in [0.4, 0.5) is 0 Å². The third-order valence-electron chi connectivity index (χ3n) is 4.10. The second kappa shape index (κ2) is 9.82. The van der Waals surface area contributed by atoms with Crippen molar-refractivity contribution < 1.29 is 4.74 Å². The van der Waals surface area contributed by atoms with E-state index in [0.29, 0.717) is 0 Å². The van der Waals surface area contributed by atoms with Crippen LogP contribution in [-0.4, -0.2) is 55.4 Å². The molecular weight excluding hydrogens is 268 g/mol. The molecule has 0 aliphatic carbocycles. The van der Waals surface area contributed by atoms with Gasteiger partial charge in [0, 0.05) is 31.1 Å². The number of ether oxygens (including phenoxy) is 1. The molecule has 0 amide bonds. The maximum Gasteiger partial charge on any atom is 0.108 e. The van der Waals surface area contributed by atoms with Gasteiger partial charge in [-0.1, -0.05) is 19.1 Å². The van der Waals surface area contributed by atoms with Crippen molar-refractivity contribution in [2.24, 2.45) is 5.92 Å². The smallest absolute Gasteiger partial charge is 0.108 e. The van der Waals surface area contributed by atoms with Gasteiger partial charge in [-0.25, -0.2) is 0 Å². The second-order valence-electron chi connectivity index (χ2n) is 5.79. The first-order chi connectivity index (χ1) is 9.88. The molecule has 4 heteroatoms. The number of piperidine rings is 1. The normalized spacial score (nSPS) is 29.1. The molecule has 2 aliphatic rings. The van der Waals surface area contributed by atoms with Gasteiger partial charge in [0.2, 0.25) is 0 Å². The van der Waals surface area contributed by atoms with Crippen LogP contribution in [0, 0.1) is 5.92 Å². The number of rotatable bonds is 7. The van der Waals surface area contributed by atoms with E-state index in [0.717, 1.165) is 31.9 Å². The molecule has 116 valence electrons. The summed E-state index contributed by atoms with van der Waals surface area (Å²) in [6.07, 6.45) is 9.38. The summed E-state index contributed by atoms with van der Waals surface area (Å²) in [5.41, 5.74) is 0. The van der Waals surface area contributed by atoms with E-state index < -0.39 is 0 Å². The molecule has 20 heavy (non-hydrogen) atoms. The van der Waals surface area contributed by atoms with E-state index in [2.05, 4.69) is 41.1 Å². The van der Waals surface area contributed by atoms with Gasteiger partial charge in [0.25, 0.3) is 0 Å². The fraction of sp³-hybridized carbons (Fsp3) is 0.875. The van der Waals surface area contributed by atoms with Crippen molar-refractivity contribution >= 4 is 11.8 Å². The molecule has 2 saturated heterocycles. The Hall–Kier alpha value is -0.0300. The lowest BCUT2D eigenvalue weighted by molar-refractivity contribution is -0.00486. The van der Waals surface area contributed by atoms with Crippen LogP contribution in [-0.2, 0) is 4.74 Å². The Bertz CT molecular complexity index is 280. The van der Waals surface area contributed by atoms with Crippen LogP contribution in [0.25, 0.3) is 0 Å². The van der Waals surface area contributed by atoms with E-state index in [4.69, 9.17) is 4.74 Å². The Morgan fingerprint density at radius 3 is 2.95 bits per heavy atom. The van der Waals surface area contributed by atoms with Gasteiger partial charge in [0.05, 0.1) is 6.61 Å². The van der Waals surface area contributed by atoms with Crippen molar-refractivity contribution in [1.82, 2.24) is 10.2 Å². The van der Waals surface area contributed by atoms with E-state index in [1.54, 1.807) is 0 Å². The minimum absolute atomic E-state index is 0.281. The highest BCUT2D eigenvalue weighted by atomic mass is 32.2. The third-order valence-corrected chi connectivity index (χ3v) is 5.04. The van der Waals surface area contributed by atoms with Crippen LogP contribution in [0.1, 0.15) is 32.6 Å². The van der Waals surface area contributed by atoms with Crippen LogP contribution in [0.15, 0.2) is 12.2 Å². The van der Waals surface area contributed by atoms with E-state index in [-0.39, 0.29) is 6.23 Å². The van der Waals surface area contributed by atoms with Crippen LogP contribution in [0.3, 0.4) is 0 Å². The van der Waals surface area contributed by atoms with Gasteiger partial charge >= 0.3 is 0 Å². The SMILES string of the molecule is CC/C=C\CCOC1CC(CN2CCSCC2)CCN1. The monoisotopic (exact) mass is 298 g/mol. The highest BCUT2D eigenvalue weighted by Crippen LogP contribution is 2.20. The van der Waals surface area contributed by atoms with Gasteiger partial charge < -0.3 is 9.64 Å². The van der Waals surface area contributed by atoms with E-state index >= 15 is 0 Å². The highest BCUT2D eigenvalue weighted by Gasteiger charge is 2.24. The standard InChI is InChI=1S/C16H30N2OS/c1-2-3-4-5-10-19-16-13-15(6-7-17-16)14-18-8-11-20-12-9-18/h3-4,15-17H,2,5-14H2,1H3/b4-3-. The second-order valence-corrected chi connectivity index (χ2v) is 7.01. The zero-order chi connectivity index (χ0) is 14.0. The molecule has 2 fully saturated rings. The molecule has 2 rings (SSSR count). The molecule has 0 bridgehead atoms. The van der Waals surface area contributed by atoms with Crippen molar-refractivity contribution in [3.8, 4) is 0 Å². The molecule has 3 nitrogen and oxygen atoms in total. The summed E-state index contributed by atoms with van der Waals surface area (Å²) in [5, 5.41) is 3.51. The molecule has 0 radical (unpaired) electrons. The Kier molecular flexibility index (Phi) is 8.03. The summed E-state index contributed by atoms with van der Waals surface area (Å²) in [7, 11) is 0. The molecule has 2 atom stereocenters. The summed E-state index contributed by atoms with van der Waals surface area (Å²) in [5.74, 6) is 3.44. The highest BCUT2D eigenvalue weighted by molar-refractivity contribution is 7.99. The first-order valence-corrected chi connectivity index (χ1v) is 9.34. The van der Waals surface area contributed by atoms with Gasteiger partial charge in [-0.15, -0.1) is 0 Å². The number of nitrogens with one attached hydrogen (secondary N) is 1. The van der Waals surface area contributed by atoms with Crippen LogP contribution >= 0.6 is 11.8 Å². The van der Waals surface area contributed by atoms with Crippen molar-refractivity contribution in [1.29, 1.82) is 0 Å². The average molecular weight is 298 g/mol. The Morgan fingerprint density at radius 1 is 1.30 bits per heavy atom. The average Bonchev–Trinajstić information content (AvgIpc) is 2.48. The van der Waals surface area contributed by atoms with Crippen LogP contribution in [0.2, 0.25) is 0 Å². The number of allylic oxidation sites excluding steroid dienone is 1. The topological polar surface area (TPSA) is 24.5 Å².